The zero-order valence-electron chi connectivity index (χ0n) is 17.4. The molecular formula is C22H18Cl2F3N3O3. The van der Waals surface area contributed by atoms with E-state index in [0.29, 0.717) is 11.1 Å². The number of aromatic nitrogens is 3. The van der Waals surface area contributed by atoms with E-state index in [4.69, 9.17) is 27.9 Å². The second kappa shape index (κ2) is 10.4. The molecule has 0 fully saturated rings. The molecule has 0 saturated heterocycles. The van der Waals surface area contributed by atoms with Crippen molar-refractivity contribution in [3.63, 3.8) is 0 Å². The summed E-state index contributed by atoms with van der Waals surface area (Å²) in [5.41, 5.74) is 0.983. The molecule has 0 radical (unpaired) electrons. The number of ether oxygens (including phenoxy) is 2. The topological polar surface area (TPSA) is 74.2 Å². The average Bonchev–Trinajstić information content (AvgIpc) is 2.76. The molecule has 0 aliphatic heterocycles. The van der Waals surface area contributed by atoms with Crippen molar-refractivity contribution in [2.24, 2.45) is 0 Å². The maximum absolute atomic E-state index is 13.9. The monoisotopic (exact) mass is 499 g/mol. The highest BCUT2D eigenvalue weighted by Crippen LogP contribution is 2.46. The lowest BCUT2D eigenvalue weighted by Crippen LogP contribution is -2.26. The SMILES string of the molecule is COC(=O)c1cnc(OCc2ccc(C(C)C(c3ccnc(Cl)c3)C(F)(F)F)c(Cl)c2)cn1. The molecule has 0 amide bonds. The van der Waals surface area contributed by atoms with Gasteiger partial charge in [0.1, 0.15) is 11.8 Å². The number of halogens is 5. The van der Waals surface area contributed by atoms with Gasteiger partial charge in [-0.15, -0.1) is 0 Å². The first-order valence-electron chi connectivity index (χ1n) is 9.59. The molecule has 11 heteroatoms. The number of rotatable bonds is 7. The molecule has 0 spiro atoms. The van der Waals surface area contributed by atoms with Crippen molar-refractivity contribution in [1.82, 2.24) is 15.0 Å². The quantitative estimate of drug-likeness (QED) is 0.293. The van der Waals surface area contributed by atoms with E-state index < -0.39 is 24.0 Å². The fourth-order valence-electron chi connectivity index (χ4n) is 3.34. The smallest absolute Gasteiger partial charge is 0.396 e. The molecule has 0 N–H and O–H groups in total. The largest absolute Gasteiger partial charge is 0.472 e. The molecular weight excluding hydrogens is 482 g/mol. The van der Waals surface area contributed by atoms with Crippen LogP contribution in [0.5, 0.6) is 5.88 Å². The Labute approximate surface area is 197 Å². The Bertz CT molecular complexity index is 1130. The number of carbonyl (C=O) groups excluding carboxylic acids is 1. The lowest BCUT2D eigenvalue weighted by Gasteiger charge is -2.28. The number of hydrogen-bond donors (Lipinski definition) is 0. The molecule has 2 aromatic heterocycles. The predicted octanol–water partition coefficient (Wildman–Crippen LogP) is 5.99. The van der Waals surface area contributed by atoms with Gasteiger partial charge in [-0.25, -0.2) is 19.7 Å². The number of hydrogen-bond acceptors (Lipinski definition) is 6. The molecule has 33 heavy (non-hydrogen) atoms. The third-order valence-corrected chi connectivity index (χ3v) is 5.46. The molecule has 3 rings (SSSR count). The van der Waals surface area contributed by atoms with Crippen LogP contribution in [-0.4, -0.2) is 34.2 Å². The third kappa shape index (κ3) is 6.11. The van der Waals surface area contributed by atoms with Gasteiger partial charge in [0.25, 0.3) is 0 Å². The zero-order chi connectivity index (χ0) is 24.2. The van der Waals surface area contributed by atoms with Gasteiger partial charge in [0.2, 0.25) is 5.88 Å². The van der Waals surface area contributed by atoms with E-state index >= 15 is 0 Å². The average molecular weight is 500 g/mol. The molecule has 1 aromatic carbocycles. The highest BCUT2D eigenvalue weighted by atomic mass is 35.5. The van der Waals surface area contributed by atoms with Gasteiger partial charge in [-0.3, -0.25) is 0 Å². The first-order chi connectivity index (χ1) is 15.6. The van der Waals surface area contributed by atoms with Crippen LogP contribution in [0.2, 0.25) is 10.2 Å². The molecule has 0 saturated carbocycles. The minimum Gasteiger partial charge on any atom is -0.472 e. The molecule has 3 aromatic rings. The minimum absolute atomic E-state index is 0.00690. The summed E-state index contributed by atoms with van der Waals surface area (Å²) in [7, 11) is 1.23. The van der Waals surface area contributed by atoms with Gasteiger partial charge in [0.05, 0.1) is 25.4 Å². The van der Waals surface area contributed by atoms with Crippen LogP contribution in [0.1, 0.15) is 45.9 Å². The first-order valence-corrected chi connectivity index (χ1v) is 10.4. The van der Waals surface area contributed by atoms with Crippen molar-refractivity contribution in [3.05, 3.63) is 81.5 Å². The van der Waals surface area contributed by atoms with Crippen molar-refractivity contribution >= 4 is 29.2 Å². The van der Waals surface area contributed by atoms with Gasteiger partial charge in [-0.1, -0.05) is 42.3 Å². The van der Waals surface area contributed by atoms with Gasteiger partial charge in [0, 0.05) is 11.2 Å². The summed E-state index contributed by atoms with van der Waals surface area (Å²) in [5, 5.41) is 0.153. The van der Waals surface area contributed by atoms with Crippen molar-refractivity contribution in [2.45, 2.75) is 31.5 Å². The molecule has 6 nitrogen and oxygen atoms in total. The van der Waals surface area contributed by atoms with E-state index in [-0.39, 0.29) is 33.9 Å². The number of carbonyl (C=O) groups is 1. The summed E-state index contributed by atoms with van der Waals surface area (Å²) in [6, 6.07) is 7.21. The van der Waals surface area contributed by atoms with E-state index in [1.54, 1.807) is 12.1 Å². The van der Waals surface area contributed by atoms with E-state index in [1.165, 1.54) is 50.8 Å². The Morgan fingerprint density at radius 1 is 1.09 bits per heavy atom. The van der Waals surface area contributed by atoms with Crippen LogP contribution in [0.4, 0.5) is 13.2 Å². The maximum Gasteiger partial charge on any atom is 0.396 e. The Balaban J connectivity index is 1.76. The van der Waals surface area contributed by atoms with E-state index in [1.807, 2.05) is 0 Å². The highest BCUT2D eigenvalue weighted by molar-refractivity contribution is 6.31. The third-order valence-electron chi connectivity index (χ3n) is 4.93. The van der Waals surface area contributed by atoms with Crippen LogP contribution in [0, 0.1) is 0 Å². The van der Waals surface area contributed by atoms with Crippen LogP contribution < -0.4 is 4.74 Å². The number of alkyl halides is 3. The van der Waals surface area contributed by atoms with Crippen LogP contribution in [0.25, 0.3) is 0 Å². The van der Waals surface area contributed by atoms with E-state index in [2.05, 4.69) is 19.7 Å². The second-order valence-corrected chi connectivity index (χ2v) is 7.89. The summed E-state index contributed by atoms with van der Waals surface area (Å²) in [4.78, 5) is 23.0. The highest BCUT2D eigenvalue weighted by Gasteiger charge is 2.45. The standard InChI is InChI=1S/C22H18Cl2F3N3O3/c1-12(20(22(25,26)27)14-5-6-28-18(24)8-14)15-4-3-13(7-16(15)23)11-33-19-10-29-17(9-30-19)21(31)32-2/h3-10,12,20H,11H2,1-2H3. The van der Waals surface area contributed by atoms with Gasteiger partial charge in [0.15, 0.2) is 5.69 Å². The van der Waals surface area contributed by atoms with Crippen molar-refractivity contribution in [2.75, 3.05) is 7.11 Å². The molecule has 0 bridgehead atoms. The van der Waals surface area contributed by atoms with E-state index in [9.17, 15) is 18.0 Å². The number of methoxy groups -OCH3 is 1. The molecule has 2 atom stereocenters. The molecule has 2 heterocycles. The van der Waals surface area contributed by atoms with Gasteiger partial charge < -0.3 is 9.47 Å². The van der Waals surface area contributed by atoms with Crippen molar-refractivity contribution < 1.29 is 27.4 Å². The second-order valence-electron chi connectivity index (χ2n) is 7.10. The zero-order valence-corrected chi connectivity index (χ0v) is 18.9. The van der Waals surface area contributed by atoms with Gasteiger partial charge >= 0.3 is 12.1 Å². The Hall–Kier alpha value is -2.91. The molecule has 174 valence electrons. The van der Waals surface area contributed by atoms with Crippen LogP contribution in [-0.2, 0) is 11.3 Å². The number of pyridine rings is 1. The maximum atomic E-state index is 13.9. The molecule has 0 aliphatic carbocycles. The van der Waals surface area contributed by atoms with Crippen LogP contribution in [0.15, 0.2) is 48.9 Å². The fourth-order valence-corrected chi connectivity index (χ4v) is 3.90. The van der Waals surface area contributed by atoms with Gasteiger partial charge in [-0.2, -0.15) is 13.2 Å². The fraction of sp³-hybridized carbons (Fsp3) is 0.273. The van der Waals surface area contributed by atoms with Crippen LogP contribution >= 0.6 is 23.2 Å². The molecule has 2 unspecified atom stereocenters. The Morgan fingerprint density at radius 3 is 2.42 bits per heavy atom. The summed E-state index contributed by atoms with van der Waals surface area (Å²) in [6.45, 7) is 1.51. The van der Waals surface area contributed by atoms with Crippen LogP contribution in [0.3, 0.4) is 0 Å². The lowest BCUT2D eigenvalue weighted by molar-refractivity contribution is -0.154. The Kier molecular flexibility index (Phi) is 7.76. The van der Waals surface area contributed by atoms with Crippen molar-refractivity contribution in [3.8, 4) is 5.88 Å². The minimum atomic E-state index is -4.52. The number of benzene rings is 1. The lowest BCUT2D eigenvalue weighted by atomic mass is 9.82. The normalized spacial score (nSPS) is 13.3. The van der Waals surface area contributed by atoms with E-state index in [0.717, 1.165) is 0 Å². The summed E-state index contributed by atoms with van der Waals surface area (Å²) in [5.74, 6) is -3.27. The number of esters is 1. The first kappa shape index (κ1) is 24.7. The molecule has 0 aliphatic rings. The number of nitrogens with zero attached hydrogens (tertiary/aromatic N) is 3. The summed E-state index contributed by atoms with van der Waals surface area (Å²) in [6.07, 6.45) is -0.810. The van der Waals surface area contributed by atoms with Gasteiger partial charge in [-0.05, 0) is 40.8 Å². The predicted molar refractivity (Wildman–Crippen MR) is 116 cm³/mol. The summed E-state index contributed by atoms with van der Waals surface area (Å²) >= 11 is 12.2. The summed E-state index contributed by atoms with van der Waals surface area (Å²) < 4.78 is 51.8. The van der Waals surface area contributed by atoms with Crippen molar-refractivity contribution in [1.29, 1.82) is 0 Å². The Morgan fingerprint density at radius 2 is 1.85 bits per heavy atom.